The smallest absolute Gasteiger partial charge is 0.0941 e. The van der Waals surface area contributed by atoms with E-state index in [2.05, 4.69) is 22.3 Å². The van der Waals surface area contributed by atoms with Gasteiger partial charge in [-0.3, -0.25) is 0 Å². The summed E-state index contributed by atoms with van der Waals surface area (Å²) in [4.78, 5) is 6.87. The van der Waals surface area contributed by atoms with Gasteiger partial charge in [0.25, 0.3) is 0 Å². The van der Waals surface area contributed by atoms with Crippen LogP contribution in [0.25, 0.3) is 0 Å². The van der Waals surface area contributed by atoms with Gasteiger partial charge in [-0.1, -0.05) is 0 Å². The molecule has 1 fully saturated rings. The maximum absolute atomic E-state index is 5.71. The van der Waals surface area contributed by atoms with Crippen LogP contribution in [0, 0.1) is 5.92 Å². The van der Waals surface area contributed by atoms with Crippen molar-refractivity contribution < 1.29 is 0 Å². The Hall–Kier alpha value is -0.120. The summed E-state index contributed by atoms with van der Waals surface area (Å²) in [5.41, 5.74) is 1.02. The summed E-state index contributed by atoms with van der Waals surface area (Å²) in [6.45, 7) is 2.37. The number of halogens is 1. The first-order valence-corrected chi connectivity index (χ1v) is 6.87. The fraction of sp³-hybridized carbons (Fsp3) is 0.727. The van der Waals surface area contributed by atoms with Crippen LogP contribution in [-0.2, 0) is 12.3 Å². The van der Waals surface area contributed by atoms with Crippen molar-refractivity contribution in [1.29, 1.82) is 0 Å². The molecule has 2 rings (SSSR count). The number of nitrogens with zero attached hydrogens (tertiary/aromatic N) is 2. The fourth-order valence-corrected chi connectivity index (χ4v) is 2.66. The Bertz CT molecular complexity index is 309. The van der Waals surface area contributed by atoms with Crippen LogP contribution in [0.1, 0.15) is 23.5 Å². The molecule has 0 spiro atoms. The molecule has 0 saturated heterocycles. The molecule has 1 aliphatic rings. The summed E-state index contributed by atoms with van der Waals surface area (Å²) >= 11 is 7.44. The summed E-state index contributed by atoms with van der Waals surface area (Å²) in [6.07, 6.45) is 3.92. The van der Waals surface area contributed by atoms with E-state index >= 15 is 0 Å². The monoisotopic (exact) mass is 244 g/mol. The lowest BCUT2D eigenvalue weighted by atomic mass is 10.3. The highest BCUT2D eigenvalue weighted by atomic mass is 35.5. The van der Waals surface area contributed by atoms with E-state index < -0.39 is 0 Å². The van der Waals surface area contributed by atoms with E-state index in [0.717, 1.165) is 24.6 Å². The normalized spacial score (nSPS) is 16.2. The summed E-state index contributed by atoms with van der Waals surface area (Å²) in [6, 6.07) is 0. The van der Waals surface area contributed by atoms with Crippen molar-refractivity contribution in [2.24, 2.45) is 5.92 Å². The molecule has 0 radical (unpaired) electrons. The zero-order chi connectivity index (χ0) is 10.7. The van der Waals surface area contributed by atoms with Gasteiger partial charge in [-0.05, 0) is 25.8 Å². The minimum atomic E-state index is 0.536. The number of aromatic nitrogens is 1. The molecule has 15 heavy (non-hydrogen) atoms. The predicted octanol–water partition coefficient (Wildman–Crippen LogP) is 2.77. The predicted molar refractivity (Wildman–Crippen MR) is 65.6 cm³/mol. The second-order valence-electron chi connectivity index (χ2n) is 4.32. The zero-order valence-electron chi connectivity index (χ0n) is 9.08. The maximum Gasteiger partial charge on any atom is 0.0941 e. The minimum Gasteiger partial charge on any atom is -0.306 e. The Morgan fingerprint density at radius 2 is 2.40 bits per heavy atom. The molecular weight excluding hydrogens is 228 g/mol. The van der Waals surface area contributed by atoms with E-state index in [9.17, 15) is 0 Å². The van der Waals surface area contributed by atoms with Gasteiger partial charge in [-0.2, -0.15) is 0 Å². The lowest BCUT2D eigenvalue weighted by Gasteiger charge is -2.14. The highest BCUT2D eigenvalue weighted by Crippen LogP contribution is 2.29. The van der Waals surface area contributed by atoms with Crippen LogP contribution in [0.4, 0.5) is 0 Å². The third-order valence-corrected chi connectivity index (χ3v) is 3.94. The third-order valence-electron chi connectivity index (χ3n) is 2.71. The Labute approximate surface area is 100 Å². The first-order chi connectivity index (χ1) is 7.28. The van der Waals surface area contributed by atoms with Crippen LogP contribution in [0.3, 0.4) is 0 Å². The molecule has 0 N–H and O–H groups in total. The molecule has 0 aliphatic heterocycles. The lowest BCUT2D eigenvalue weighted by molar-refractivity contribution is 0.324. The van der Waals surface area contributed by atoms with Crippen molar-refractivity contribution in [3.8, 4) is 0 Å². The topological polar surface area (TPSA) is 16.1 Å². The number of hydrogen-bond acceptors (Lipinski definition) is 3. The van der Waals surface area contributed by atoms with Gasteiger partial charge in [0, 0.05) is 24.9 Å². The highest BCUT2D eigenvalue weighted by molar-refractivity contribution is 7.09. The molecule has 0 atom stereocenters. The van der Waals surface area contributed by atoms with Gasteiger partial charge in [-0.15, -0.1) is 22.9 Å². The number of likely N-dealkylation sites (N-methyl/N-ethyl adjacent to an activating group) is 1. The van der Waals surface area contributed by atoms with E-state index in [1.807, 2.05) is 0 Å². The first-order valence-electron chi connectivity index (χ1n) is 5.45. The average molecular weight is 245 g/mol. The number of rotatable bonds is 6. The minimum absolute atomic E-state index is 0.536. The fourth-order valence-electron chi connectivity index (χ4n) is 1.64. The standard InChI is InChI=1S/C11H17ClN2S/c1-14(7-9-2-3-9)5-4-11-13-10(6-12)8-15-11/h8-9H,2-7H2,1H3. The molecule has 1 aromatic heterocycles. The maximum atomic E-state index is 5.71. The number of thiazole rings is 1. The van der Waals surface area contributed by atoms with Crippen LogP contribution >= 0.6 is 22.9 Å². The molecule has 84 valence electrons. The van der Waals surface area contributed by atoms with Crippen molar-refractivity contribution in [3.05, 3.63) is 16.1 Å². The summed E-state index contributed by atoms with van der Waals surface area (Å²) in [7, 11) is 2.20. The molecule has 4 heteroatoms. The van der Waals surface area contributed by atoms with Gasteiger partial charge in [0.15, 0.2) is 0 Å². The van der Waals surface area contributed by atoms with Gasteiger partial charge in [0.05, 0.1) is 16.6 Å². The number of hydrogen-bond donors (Lipinski definition) is 0. The molecule has 2 nitrogen and oxygen atoms in total. The molecule has 1 aromatic rings. The second-order valence-corrected chi connectivity index (χ2v) is 5.53. The Morgan fingerprint density at radius 3 is 3.00 bits per heavy atom. The molecule has 1 aliphatic carbocycles. The Morgan fingerprint density at radius 1 is 1.60 bits per heavy atom. The van der Waals surface area contributed by atoms with Crippen LogP contribution in [0.2, 0.25) is 0 Å². The van der Waals surface area contributed by atoms with Crippen molar-refractivity contribution >= 4 is 22.9 Å². The van der Waals surface area contributed by atoms with Crippen LogP contribution in [0.5, 0.6) is 0 Å². The summed E-state index contributed by atoms with van der Waals surface area (Å²) in [5.74, 6) is 1.51. The second kappa shape index (κ2) is 5.28. The van der Waals surface area contributed by atoms with Crippen molar-refractivity contribution in [2.75, 3.05) is 20.1 Å². The molecule has 1 heterocycles. The zero-order valence-corrected chi connectivity index (χ0v) is 10.7. The Kier molecular flexibility index (Phi) is 4.00. The molecule has 0 aromatic carbocycles. The van der Waals surface area contributed by atoms with Gasteiger partial charge < -0.3 is 4.90 Å². The molecule has 1 saturated carbocycles. The molecule has 0 bridgehead atoms. The van der Waals surface area contributed by atoms with E-state index in [1.165, 1.54) is 24.4 Å². The quantitative estimate of drug-likeness (QED) is 0.716. The van der Waals surface area contributed by atoms with Gasteiger partial charge >= 0.3 is 0 Å². The van der Waals surface area contributed by atoms with E-state index in [4.69, 9.17) is 11.6 Å². The lowest BCUT2D eigenvalue weighted by Crippen LogP contribution is -2.23. The van der Waals surface area contributed by atoms with Crippen molar-refractivity contribution in [1.82, 2.24) is 9.88 Å². The highest BCUT2D eigenvalue weighted by Gasteiger charge is 2.22. The largest absolute Gasteiger partial charge is 0.306 e. The summed E-state index contributed by atoms with van der Waals surface area (Å²) < 4.78 is 0. The Balaban J connectivity index is 1.71. The van der Waals surface area contributed by atoms with E-state index in [0.29, 0.717) is 5.88 Å². The molecule has 0 amide bonds. The third kappa shape index (κ3) is 3.74. The molecular formula is C11H17ClN2S. The van der Waals surface area contributed by atoms with E-state index in [1.54, 1.807) is 11.3 Å². The van der Waals surface area contributed by atoms with E-state index in [-0.39, 0.29) is 0 Å². The van der Waals surface area contributed by atoms with Crippen LogP contribution in [-0.4, -0.2) is 30.0 Å². The van der Waals surface area contributed by atoms with Crippen LogP contribution < -0.4 is 0 Å². The first kappa shape index (κ1) is 11.4. The summed E-state index contributed by atoms with van der Waals surface area (Å²) in [5, 5.41) is 3.27. The van der Waals surface area contributed by atoms with Crippen molar-refractivity contribution in [3.63, 3.8) is 0 Å². The van der Waals surface area contributed by atoms with Crippen molar-refractivity contribution in [2.45, 2.75) is 25.1 Å². The van der Waals surface area contributed by atoms with Gasteiger partial charge in [0.1, 0.15) is 0 Å². The van der Waals surface area contributed by atoms with Gasteiger partial charge in [-0.25, -0.2) is 4.98 Å². The SMILES string of the molecule is CN(CCc1nc(CCl)cs1)CC1CC1. The van der Waals surface area contributed by atoms with Crippen LogP contribution in [0.15, 0.2) is 5.38 Å². The number of alkyl halides is 1. The van der Waals surface area contributed by atoms with Gasteiger partial charge in [0.2, 0.25) is 0 Å². The average Bonchev–Trinajstić information content (AvgIpc) is 2.92. The molecule has 0 unspecified atom stereocenters.